The molecule has 0 saturated carbocycles. The van der Waals surface area contributed by atoms with E-state index in [1.54, 1.807) is 24.3 Å². The Balaban J connectivity index is 1.77. The SMILES string of the molecule is COC(=O)c1sc(-c2cccc(N(C3CCNCC3)S(=O)(=O)Cc3cccc(C(F)(F)F)c3)c2)c(Cl)c1OCC(=O)O. The van der Waals surface area contributed by atoms with Crippen molar-refractivity contribution in [3.63, 3.8) is 0 Å². The minimum atomic E-state index is -4.63. The van der Waals surface area contributed by atoms with Crippen LogP contribution in [0, 0.1) is 0 Å². The van der Waals surface area contributed by atoms with Gasteiger partial charge in [-0.15, -0.1) is 11.3 Å². The summed E-state index contributed by atoms with van der Waals surface area (Å²) in [6, 6.07) is 10.1. The molecule has 42 heavy (non-hydrogen) atoms. The molecular weight excluding hydrogens is 621 g/mol. The second-order valence-corrected chi connectivity index (χ2v) is 12.6. The Morgan fingerprint density at radius 3 is 2.48 bits per heavy atom. The monoisotopic (exact) mass is 646 g/mol. The molecule has 2 N–H and O–H groups in total. The number of benzene rings is 2. The van der Waals surface area contributed by atoms with Gasteiger partial charge in [-0.25, -0.2) is 18.0 Å². The summed E-state index contributed by atoms with van der Waals surface area (Å²) in [4.78, 5) is 23.7. The van der Waals surface area contributed by atoms with Crippen LogP contribution in [0.1, 0.15) is 33.6 Å². The Labute approximate surface area is 248 Å². The molecule has 15 heteroatoms. The zero-order chi connectivity index (χ0) is 30.7. The summed E-state index contributed by atoms with van der Waals surface area (Å²) in [6.07, 6.45) is -3.70. The summed E-state index contributed by atoms with van der Waals surface area (Å²) >= 11 is 7.42. The Kier molecular flexibility index (Phi) is 9.70. The van der Waals surface area contributed by atoms with Gasteiger partial charge in [-0.2, -0.15) is 13.2 Å². The Hall–Kier alpha value is -3.33. The zero-order valence-electron chi connectivity index (χ0n) is 22.1. The molecule has 0 spiro atoms. The molecule has 9 nitrogen and oxygen atoms in total. The van der Waals surface area contributed by atoms with E-state index in [9.17, 15) is 31.2 Å². The van der Waals surface area contributed by atoms with Gasteiger partial charge < -0.3 is 19.9 Å². The number of thiophene rings is 1. The van der Waals surface area contributed by atoms with Gasteiger partial charge in [0.25, 0.3) is 0 Å². The van der Waals surface area contributed by atoms with E-state index in [0.717, 1.165) is 30.6 Å². The van der Waals surface area contributed by atoms with Gasteiger partial charge in [-0.3, -0.25) is 4.31 Å². The number of carboxylic acids is 1. The number of alkyl halides is 3. The number of piperidine rings is 1. The van der Waals surface area contributed by atoms with Gasteiger partial charge in [-0.05, 0) is 55.3 Å². The van der Waals surface area contributed by atoms with E-state index in [2.05, 4.69) is 5.32 Å². The fourth-order valence-electron chi connectivity index (χ4n) is 4.61. The van der Waals surface area contributed by atoms with Gasteiger partial charge in [0.05, 0.1) is 29.0 Å². The predicted molar refractivity (Wildman–Crippen MR) is 152 cm³/mol. The van der Waals surface area contributed by atoms with Gasteiger partial charge >= 0.3 is 18.1 Å². The second kappa shape index (κ2) is 12.9. The number of hydrogen-bond acceptors (Lipinski definition) is 8. The van der Waals surface area contributed by atoms with E-state index in [4.69, 9.17) is 26.2 Å². The van der Waals surface area contributed by atoms with Crippen LogP contribution in [0.2, 0.25) is 5.02 Å². The second-order valence-electron chi connectivity index (χ2n) is 9.36. The number of ether oxygens (including phenoxy) is 2. The summed E-state index contributed by atoms with van der Waals surface area (Å²) in [5.74, 6) is -2.93. The van der Waals surface area contributed by atoms with E-state index in [0.29, 0.717) is 36.4 Å². The van der Waals surface area contributed by atoms with Crippen molar-refractivity contribution in [1.82, 2.24) is 5.32 Å². The highest BCUT2D eigenvalue weighted by Gasteiger charge is 2.34. The highest BCUT2D eigenvalue weighted by molar-refractivity contribution is 7.92. The van der Waals surface area contributed by atoms with Gasteiger partial charge in [0, 0.05) is 6.04 Å². The standard InChI is InChI=1S/C27H26ClF3N2O7S2/c1-39-26(36)25-23(40-14-21(34)35)22(28)24(41-25)17-5-3-7-20(13-17)33(19-8-10-32-11-9-19)42(37,38)15-16-4-2-6-18(12-16)27(29,30)31/h2-7,12-13,19,32H,8-11,14-15H2,1H3,(H,34,35). The predicted octanol–water partition coefficient (Wildman–Crippen LogP) is 5.43. The lowest BCUT2D eigenvalue weighted by Gasteiger charge is -2.35. The molecule has 1 aliphatic rings. The first-order valence-corrected chi connectivity index (χ1v) is 15.4. The van der Waals surface area contributed by atoms with Crippen LogP contribution in [0.25, 0.3) is 10.4 Å². The number of methoxy groups -OCH3 is 1. The Morgan fingerprint density at radius 1 is 1.14 bits per heavy atom. The van der Waals surface area contributed by atoms with Crippen LogP contribution in [0.5, 0.6) is 5.75 Å². The highest BCUT2D eigenvalue weighted by atomic mass is 35.5. The van der Waals surface area contributed by atoms with Crippen LogP contribution in [0.15, 0.2) is 48.5 Å². The molecule has 1 fully saturated rings. The van der Waals surface area contributed by atoms with E-state index in [1.807, 2.05) is 0 Å². The van der Waals surface area contributed by atoms with Crippen molar-refractivity contribution in [2.75, 3.05) is 31.1 Å². The molecule has 0 amide bonds. The van der Waals surface area contributed by atoms with Crippen molar-refractivity contribution >= 4 is 50.6 Å². The number of carboxylic acid groups (broad SMARTS) is 1. The number of esters is 1. The lowest BCUT2D eigenvalue weighted by atomic mass is 10.1. The Bertz CT molecular complexity index is 1570. The first-order valence-electron chi connectivity index (χ1n) is 12.6. The van der Waals surface area contributed by atoms with E-state index in [1.165, 1.54) is 16.4 Å². The fourth-order valence-corrected chi connectivity index (χ4v) is 7.93. The van der Waals surface area contributed by atoms with E-state index >= 15 is 0 Å². The van der Waals surface area contributed by atoms with Crippen molar-refractivity contribution < 1.29 is 45.8 Å². The van der Waals surface area contributed by atoms with Gasteiger partial charge in [0.15, 0.2) is 17.2 Å². The molecule has 2 aromatic carbocycles. The van der Waals surface area contributed by atoms with Crippen molar-refractivity contribution in [2.45, 2.75) is 30.8 Å². The molecule has 0 unspecified atom stereocenters. The van der Waals surface area contributed by atoms with Crippen molar-refractivity contribution in [2.24, 2.45) is 0 Å². The average molecular weight is 647 g/mol. The molecule has 0 bridgehead atoms. The summed E-state index contributed by atoms with van der Waals surface area (Å²) in [5, 5.41) is 12.1. The number of nitrogens with zero attached hydrogens (tertiary/aromatic N) is 1. The zero-order valence-corrected chi connectivity index (χ0v) is 24.5. The number of sulfonamides is 1. The van der Waals surface area contributed by atoms with Gasteiger partial charge in [0.1, 0.15) is 5.02 Å². The van der Waals surface area contributed by atoms with Crippen LogP contribution >= 0.6 is 22.9 Å². The molecule has 0 aliphatic carbocycles. The number of nitrogens with one attached hydrogen (secondary N) is 1. The van der Waals surface area contributed by atoms with Crippen LogP contribution in [0.3, 0.4) is 0 Å². The quantitative estimate of drug-likeness (QED) is 0.280. The molecule has 1 aromatic heterocycles. The molecule has 1 saturated heterocycles. The number of hydrogen-bond donors (Lipinski definition) is 2. The van der Waals surface area contributed by atoms with Crippen LogP contribution in [-0.4, -0.2) is 58.3 Å². The normalized spacial score (nSPS) is 14.4. The largest absolute Gasteiger partial charge is 0.479 e. The lowest BCUT2D eigenvalue weighted by molar-refractivity contribution is -0.139. The van der Waals surface area contributed by atoms with Crippen LogP contribution < -0.4 is 14.4 Å². The van der Waals surface area contributed by atoms with E-state index < -0.39 is 52.1 Å². The molecule has 0 radical (unpaired) electrons. The van der Waals surface area contributed by atoms with Gasteiger partial charge in [0.2, 0.25) is 10.0 Å². The highest BCUT2D eigenvalue weighted by Crippen LogP contribution is 2.46. The first-order chi connectivity index (χ1) is 19.8. The Morgan fingerprint density at radius 2 is 1.83 bits per heavy atom. The number of rotatable bonds is 10. The number of carbonyl (C=O) groups excluding carboxylic acids is 1. The van der Waals surface area contributed by atoms with Crippen molar-refractivity contribution in [3.05, 3.63) is 69.6 Å². The summed E-state index contributed by atoms with van der Waals surface area (Å²) in [7, 11) is -3.05. The maximum atomic E-state index is 13.9. The summed E-state index contributed by atoms with van der Waals surface area (Å²) < 4.78 is 78.9. The summed E-state index contributed by atoms with van der Waals surface area (Å²) in [5.41, 5.74) is -0.293. The molecule has 0 atom stereocenters. The van der Waals surface area contributed by atoms with Crippen molar-refractivity contribution in [3.8, 4) is 16.2 Å². The minimum absolute atomic E-state index is 0.0100. The van der Waals surface area contributed by atoms with Crippen molar-refractivity contribution in [1.29, 1.82) is 0 Å². The average Bonchev–Trinajstić information content (AvgIpc) is 3.27. The number of halogens is 4. The topological polar surface area (TPSA) is 122 Å². The molecule has 4 rings (SSSR count). The van der Waals surface area contributed by atoms with E-state index in [-0.39, 0.29) is 26.9 Å². The molecule has 226 valence electrons. The van der Waals surface area contributed by atoms with Crippen LogP contribution in [0.4, 0.5) is 18.9 Å². The third kappa shape index (κ3) is 7.17. The fraction of sp³-hybridized carbons (Fsp3) is 0.333. The number of aliphatic carboxylic acids is 1. The van der Waals surface area contributed by atoms with Gasteiger partial charge in [-0.1, -0.05) is 41.9 Å². The molecule has 2 heterocycles. The number of carbonyl (C=O) groups is 2. The third-order valence-corrected chi connectivity index (χ3v) is 9.91. The maximum Gasteiger partial charge on any atom is 0.416 e. The molecule has 3 aromatic rings. The third-order valence-electron chi connectivity index (χ3n) is 6.43. The lowest BCUT2D eigenvalue weighted by Crippen LogP contribution is -2.46. The molecular formula is C27H26ClF3N2O7S2. The number of anilines is 1. The smallest absolute Gasteiger partial charge is 0.416 e. The first kappa shape index (κ1) is 31.6. The maximum absolute atomic E-state index is 13.9. The van der Waals surface area contributed by atoms with Crippen LogP contribution in [-0.2, 0) is 31.5 Å². The minimum Gasteiger partial charge on any atom is -0.479 e. The summed E-state index contributed by atoms with van der Waals surface area (Å²) in [6.45, 7) is 0.324. The molecule has 1 aliphatic heterocycles.